The van der Waals surface area contributed by atoms with E-state index in [1.165, 1.54) is 27.7 Å². The number of amidine groups is 1. The second kappa shape index (κ2) is 7.58. The Morgan fingerprint density at radius 1 is 1.07 bits per heavy atom. The third-order valence-electron chi connectivity index (χ3n) is 6.31. The molecular formula is C24H27N5S. The first-order valence-electron chi connectivity index (χ1n) is 10.6. The van der Waals surface area contributed by atoms with Crippen molar-refractivity contribution in [2.75, 3.05) is 5.75 Å². The van der Waals surface area contributed by atoms with Crippen LogP contribution in [-0.2, 0) is 0 Å². The van der Waals surface area contributed by atoms with Crippen LogP contribution in [0.2, 0.25) is 0 Å². The highest BCUT2D eigenvalue weighted by Gasteiger charge is 2.46. The van der Waals surface area contributed by atoms with Gasteiger partial charge in [0.1, 0.15) is 11.9 Å². The molecular weight excluding hydrogens is 390 g/mol. The van der Waals surface area contributed by atoms with Crippen molar-refractivity contribution in [3.8, 4) is 5.82 Å². The molecule has 5 heterocycles. The molecule has 3 aromatic rings. The highest BCUT2D eigenvalue weighted by Crippen LogP contribution is 2.49. The second-order valence-corrected chi connectivity index (χ2v) is 9.13. The van der Waals surface area contributed by atoms with E-state index in [-0.39, 0.29) is 12.1 Å². The lowest BCUT2D eigenvalue weighted by molar-refractivity contribution is 0.254. The van der Waals surface area contributed by atoms with Gasteiger partial charge in [-0.1, -0.05) is 30.8 Å². The average molecular weight is 418 g/mol. The van der Waals surface area contributed by atoms with Gasteiger partial charge >= 0.3 is 0 Å². The lowest BCUT2D eigenvalue weighted by Crippen LogP contribution is -2.35. The summed E-state index contributed by atoms with van der Waals surface area (Å²) >= 11 is 1.89. The number of fused-ring (bicyclic) bond motifs is 1. The number of nitrogens with zero attached hydrogens (tertiary/aromatic N) is 5. The molecule has 0 N–H and O–H groups in total. The standard InChI is InChI=1S/C24H27N5S/c1-5-18-14-30-24-27-21(20-10-6-7-11-25-20)22(29(18)24)19-13-16(3)28(17(19)4)23-15(2)9-8-12-26-23/h6-13,18,21-22H,5,14H2,1-4H3/t18-,21-,22+/m0/s1. The van der Waals surface area contributed by atoms with Crippen molar-refractivity contribution in [3.05, 3.63) is 77.0 Å². The Balaban J connectivity index is 1.66. The van der Waals surface area contributed by atoms with Gasteiger partial charge in [-0.25, -0.2) is 4.98 Å². The molecule has 0 spiro atoms. The van der Waals surface area contributed by atoms with Crippen LogP contribution in [0.15, 0.2) is 53.8 Å². The van der Waals surface area contributed by atoms with E-state index >= 15 is 0 Å². The molecule has 0 aromatic carbocycles. The zero-order valence-electron chi connectivity index (χ0n) is 17.9. The quantitative estimate of drug-likeness (QED) is 0.587. The molecule has 1 saturated heterocycles. The number of hydrogen-bond donors (Lipinski definition) is 0. The molecule has 3 aromatic heterocycles. The summed E-state index contributed by atoms with van der Waals surface area (Å²) in [5.41, 5.74) is 5.99. The van der Waals surface area contributed by atoms with Crippen LogP contribution in [0.25, 0.3) is 5.82 Å². The van der Waals surface area contributed by atoms with Gasteiger partial charge in [-0.05, 0) is 62.6 Å². The maximum absolute atomic E-state index is 5.16. The largest absolute Gasteiger partial charge is 0.338 e. The molecule has 0 saturated carbocycles. The summed E-state index contributed by atoms with van der Waals surface area (Å²) in [7, 11) is 0. The highest BCUT2D eigenvalue weighted by atomic mass is 32.2. The Hall–Kier alpha value is -2.60. The van der Waals surface area contributed by atoms with E-state index in [0.29, 0.717) is 6.04 Å². The minimum atomic E-state index is 0.0156. The smallest absolute Gasteiger partial charge is 0.160 e. The molecule has 1 fully saturated rings. The van der Waals surface area contributed by atoms with Crippen LogP contribution >= 0.6 is 11.8 Å². The van der Waals surface area contributed by atoms with Crippen LogP contribution in [0, 0.1) is 20.8 Å². The number of aryl methyl sites for hydroxylation is 2. The van der Waals surface area contributed by atoms with Crippen molar-refractivity contribution in [1.82, 2.24) is 19.4 Å². The van der Waals surface area contributed by atoms with Gasteiger partial charge in [-0.15, -0.1) is 0 Å². The van der Waals surface area contributed by atoms with Crippen molar-refractivity contribution in [3.63, 3.8) is 0 Å². The first-order chi connectivity index (χ1) is 14.6. The minimum absolute atomic E-state index is 0.0156. The number of thioether (sulfide) groups is 1. The van der Waals surface area contributed by atoms with E-state index < -0.39 is 0 Å². The van der Waals surface area contributed by atoms with Crippen LogP contribution in [0.1, 0.15) is 53.6 Å². The molecule has 2 aliphatic rings. The van der Waals surface area contributed by atoms with E-state index in [4.69, 9.17) is 4.99 Å². The molecule has 0 unspecified atom stereocenters. The molecule has 5 rings (SSSR count). The van der Waals surface area contributed by atoms with Crippen molar-refractivity contribution >= 4 is 16.9 Å². The monoisotopic (exact) mass is 417 g/mol. The molecule has 0 aliphatic carbocycles. The lowest BCUT2D eigenvalue weighted by atomic mass is 9.95. The minimum Gasteiger partial charge on any atom is -0.338 e. The molecule has 3 atom stereocenters. The summed E-state index contributed by atoms with van der Waals surface area (Å²) in [4.78, 5) is 17.1. The number of hydrogen-bond acceptors (Lipinski definition) is 5. The van der Waals surface area contributed by atoms with Gasteiger partial charge in [0.15, 0.2) is 5.17 Å². The Morgan fingerprint density at radius 3 is 2.63 bits per heavy atom. The summed E-state index contributed by atoms with van der Waals surface area (Å²) in [6, 6.07) is 13.3. The number of rotatable bonds is 4. The number of aromatic nitrogens is 3. The Morgan fingerprint density at radius 2 is 1.90 bits per heavy atom. The van der Waals surface area contributed by atoms with Gasteiger partial charge < -0.3 is 9.47 Å². The fraction of sp³-hybridized carbons (Fsp3) is 0.375. The molecule has 154 valence electrons. The highest BCUT2D eigenvalue weighted by molar-refractivity contribution is 8.14. The molecule has 0 radical (unpaired) electrons. The van der Waals surface area contributed by atoms with Crippen molar-refractivity contribution in [2.24, 2.45) is 4.99 Å². The van der Waals surface area contributed by atoms with Gasteiger partial charge in [0.25, 0.3) is 0 Å². The van der Waals surface area contributed by atoms with E-state index in [1.807, 2.05) is 36.3 Å². The molecule has 0 bridgehead atoms. The van der Waals surface area contributed by atoms with Crippen molar-refractivity contribution < 1.29 is 0 Å². The van der Waals surface area contributed by atoms with Crippen LogP contribution < -0.4 is 0 Å². The van der Waals surface area contributed by atoms with Crippen LogP contribution in [0.3, 0.4) is 0 Å². The molecule has 2 aliphatic heterocycles. The van der Waals surface area contributed by atoms with Crippen molar-refractivity contribution in [2.45, 2.75) is 52.2 Å². The zero-order chi connectivity index (χ0) is 20.8. The van der Waals surface area contributed by atoms with Gasteiger partial charge in [-0.3, -0.25) is 9.98 Å². The van der Waals surface area contributed by atoms with E-state index in [0.717, 1.165) is 23.7 Å². The fourth-order valence-electron chi connectivity index (χ4n) is 4.81. The number of aliphatic imine (C=N–C) groups is 1. The predicted molar refractivity (Wildman–Crippen MR) is 123 cm³/mol. The van der Waals surface area contributed by atoms with E-state index in [2.05, 4.69) is 71.4 Å². The predicted octanol–water partition coefficient (Wildman–Crippen LogP) is 5.17. The SMILES string of the molecule is CC[C@H]1CSC2=N[C@@H](c3ccccn3)[C@@H](c3cc(C)n(-c4ncccc4C)c3C)N21. The van der Waals surface area contributed by atoms with Gasteiger partial charge in [0, 0.05) is 35.6 Å². The maximum atomic E-state index is 5.16. The molecule has 6 heteroatoms. The Bertz CT molecular complexity index is 1100. The van der Waals surface area contributed by atoms with Crippen LogP contribution in [0.5, 0.6) is 0 Å². The second-order valence-electron chi connectivity index (χ2n) is 8.14. The zero-order valence-corrected chi connectivity index (χ0v) is 18.7. The third kappa shape index (κ3) is 2.97. The van der Waals surface area contributed by atoms with E-state index in [9.17, 15) is 0 Å². The first-order valence-corrected chi connectivity index (χ1v) is 11.6. The van der Waals surface area contributed by atoms with Crippen LogP contribution in [0.4, 0.5) is 0 Å². The first kappa shape index (κ1) is 19.4. The van der Waals surface area contributed by atoms with Gasteiger partial charge in [0.05, 0.1) is 11.7 Å². The van der Waals surface area contributed by atoms with Gasteiger partial charge in [0.2, 0.25) is 0 Å². The molecule has 5 nitrogen and oxygen atoms in total. The maximum Gasteiger partial charge on any atom is 0.160 e. The van der Waals surface area contributed by atoms with Crippen molar-refractivity contribution in [1.29, 1.82) is 0 Å². The topological polar surface area (TPSA) is 46.3 Å². The summed E-state index contributed by atoms with van der Waals surface area (Å²) in [5, 5.41) is 1.17. The van der Waals surface area contributed by atoms with E-state index in [1.54, 1.807) is 0 Å². The summed E-state index contributed by atoms with van der Waals surface area (Å²) in [5.74, 6) is 2.12. The van der Waals surface area contributed by atoms with Crippen LogP contribution in [-0.4, -0.2) is 36.4 Å². The normalized spacial score (nSPS) is 23.0. The van der Waals surface area contributed by atoms with Gasteiger partial charge in [-0.2, -0.15) is 0 Å². The summed E-state index contributed by atoms with van der Waals surface area (Å²) < 4.78 is 2.29. The number of pyridine rings is 2. The lowest BCUT2D eigenvalue weighted by Gasteiger charge is -2.32. The molecule has 0 amide bonds. The fourth-order valence-corrected chi connectivity index (χ4v) is 6.15. The third-order valence-corrected chi connectivity index (χ3v) is 7.44. The summed E-state index contributed by atoms with van der Waals surface area (Å²) in [6.45, 7) is 8.79. The Kier molecular flexibility index (Phi) is 4.89. The Labute approximate surface area is 182 Å². The molecule has 30 heavy (non-hydrogen) atoms. The summed E-state index contributed by atoms with van der Waals surface area (Å²) in [6.07, 6.45) is 4.87. The average Bonchev–Trinajstić information content (AvgIpc) is 3.41.